The molecular weight excluding hydrogens is 264 g/mol. The zero-order valence-corrected chi connectivity index (χ0v) is 12.1. The summed E-state index contributed by atoms with van der Waals surface area (Å²) in [5.74, 6) is 0.785. The fraction of sp³-hybridized carbons (Fsp3) is 0.235. The maximum atomic E-state index is 11.8. The normalized spacial score (nSPS) is 10.1. The van der Waals surface area contributed by atoms with Gasteiger partial charge in [0.1, 0.15) is 12.4 Å². The Labute approximate surface area is 125 Å². The summed E-state index contributed by atoms with van der Waals surface area (Å²) in [7, 11) is 0. The van der Waals surface area contributed by atoms with Crippen LogP contribution >= 0.6 is 0 Å². The van der Waals surface area contributed by atoms with Crippen LogP contribution < -0.4 is 15.4 Å². The van der Waals surface area contributed by atoms with E-state index in [0.717, 1.165) is 17.0 Å². The predicted octanol–water partition coefficient (Wildman–Crippen LogP) is 2.60. The van der Waals surface area contributed by atoms with Gasteiger partial charge in [-0.3, -0.25) is 4.79 Å². The van der Waals surface area contributed by atoms with Crippen LogP contribution in [-0.2, 0) is 4.79 Å². The number of para-hydroxylation sites is 2. The molecule has 0 aliphatic heterocycles. The molecule has 2 rings (SSSR count). The summed E-state index contributed by atoms with van der Waals surface area (Å²) in [6.45, 7) is 3.39. The molecule has 0 unspecified atom stereocenters. The van der Waals surface area contributed by atoms with E-state index in [1.165, 1.54) is 0 Å². The van der Waals surface area contributed by atoms with E-state index in [1.54, 1.807) is 0 Å². The number of carbonyl (C=O) groups excluding carboxylic acids is 1. The minimum absolute atomic E-state index is 0.0518. The molecule has 0 fully saturated rings. The number of amides is 1. The van der Waals surface area contributed by atoms with E-state index >= 15 is 0 Å². The van der Waals surface area contributed by atoms with Gasteiger partial charge in [-0.25, -0.2) is 0 Å². The first-order valence-corrected chi connectivity index (χ1v) is 7.00. The Balaban J connectivity index is 1.63. The zero-order valence-electron chi connectivity index (χ0n) is 12.1. The number of hydrogen-bond donors (Lipinski definition) is 2. The molecule has 0 heterocycles. The van der Waals surface area contributed by atoms with Crippen LogP contribution in [0.3, 0.4) is 0 Å². The molecule has 110 valence electrons. The van der Waals surface area contributed by atoms with Gasteiger partial charge in [-0.2, -0.15) is 0 Å². The maximum Gasteiger partial charge on any atom is 0.238 e. The molecule has 2 aromatic rings. The first-order chi connectivity index (χ1) is 10.3. The highest BCUT2D eigenvalue weighted by molar-refractivity contribution is 5.92. The standard InChI is InChI=1S/C17H20N2O2/c1-14-7-5-6-10-16(14)19-17(20)13-18-11-12-21-15-8-3-2-4-9-15/h2-10,18H,11-13H2,1H3,(H,19,20). The van der Waals surface area contributed by atoms with Gasteiger partial charge in [0.15, 0.2) is 0 Å². The van der Waals surface area contributed by atoms with Crippen molar-refractivity contribution < 1.29 is 9.53 Å². The summed E-state index contributed by atoms with van der Waals surface area (Å²) in [6, 6.07) is 17.3. The molecule has 1 amide bonds. The molecule has 0 radical (unpaired) electrons. The fourth-order valence-electron chi connectivity index (χ4n) is 1.87. The molecule has 0 spiro atoms. The van der Waals surface area contributed by atoms with Crippen molar-refractivity contribution >= 4 is 11.6 Å². The molecule has 0 atom stereocenters. The summed E-state index contributed by atoms with van der Waals surface area (Å²) >= 11 is 0. The van der Waals surface area contributed by atoms with Crippen LogP contribution in [0, 0.1) is 6.92 Å². The van der Waals surface area contributed by atoms with E-state index in [2.05, 4.69) is 10.6 Å². The first-order valence-electron chi connectivity index (χ1n) is 7.00. The quantitative estimate of drug-likeness (QED) is 0.768. The minimum atomic E-state index is -0.0518. The van der Waals surface area contributed by atoms with Crippen molar-refractivity contribution in [2.75, 3.05) is 25.0 Å². The molecule has 2 aromatic carbocycles. The maximum absolute atomic E-state index is 11.8. The van der Waals surface area contributed by atoms with Crippen LogP contribution in [-0.4, -0.2) is 25.6 Å². The SMILES string of the molecule is Cc1ccccc1NC(=O)CNCCOc1ccccc1. The Morgan fingerprint density at radius 3 is 2.52 bits per heavy atom. The topological polar surface area (TPSA) is 50.4 Å². The number of carbonyl (C=O) groups is 1. The zero-order chi connectivity index (χ0) is 14.9. The van der Waals surface area contributed by atoms with Crippen molar-refractivity contribution in [2.24, 2.45) is 0 Å². The Bertz CT molecular complexity index is 570. The van der Waals surface area contributed by atoms with Gasteiger partial charge in [-0.05, 0) is 30.7 Å². The van der Waals surface area contributed by atoms with Gasteiger partial charge < -0.3 is 15.4 Å². The average Bonchev–Trinajstić information content (AvgIpc) is 2.50. The molecule has 4 nitrogen and oxygen atoms in total. The lowest BCUT2D eigenvalue weighted by Gasteiger charge is -2.09. The highest BCUT2D eigenvalue weighted by Crippen LogP contribution is 2.12. The van der Waals surface area contributed by atoms with E-state index in [9.17, 15) is 4.79 Å². The lowest BCUT2D eigenvalue weighted by atomic mass is 10.2. The Kier molecular flexibility index (Phi) is 5.79. The van der Waals surface area contributed by atoms with Crippen molar-refractivity contribution in [3.8, 4) is 5.75 Å². The molecule has 0 aliphatic rings. The van der Waals surface area contributed by atoms with E-state index in [0.29, 0.717) is 13.2 Å². The van der Waals surface area contributed by atoms with Gasteiger partial charge in [0.25, 0.3) is 0 Å². The van der Waals surface area contributed by atoms with Gasteiger partial charge in [0, 0.05) is 12.2 Å². The number of rotatable bonds is 7. The van der Waals surface area contributed by atoms with Gasteiger partial charge >= 0.3 is 0 Å². The lowest BCUT2D eigenvalue weighted by Crippen LogP contribution is -2.31. The molecule has 4 heteroatoms. The Hall–Kier alpha value is -2.33. The highest BCUT2D eigenvalue weighted by atomic mass is 16.5. The summed E-state index contributed by atoms with van der Waals surface area (Å²) in [6.07, 6.45) is 0. The van der Waals surface area contributed by atoms with Gasteiger partial charge in [0.05, 0.1) is 6.54 Å². The van der Waals surface area contributed by atoms with Gasteiger partial charge in [-0.1, -0.05) is 36.4 Å². The molecular formula is C17H20N2O2. The van der Waals surface area contributed by atoms with Crippen LogP contribution in [0.15, 0.2) is 54.6 Å². The number of aryl methyl sites for hydroxylation is 1. The molecule has 21 heavy (non-hydrogen) atoms. The number of anilines is 1. The summed E-state index contributed by atoms with van der Waals surface area (Å²) in [5, 5.41) is 5.93. The van der Waals surface area contributed by atoms with Crippen molar-refractivity contribution in [2.45, 2.75) is 6.92 Å². The van der Waals surface area contributed by atoms with Crippen LogP contribution in [0.4, 0.5) is 5.69 Å². The summed E-state index contributed by atoms with van der Waals surface area (Å²) in [4.78, 5) is 11.8. The smallest absolute Gasteiger partial charge is 0.238 e. The monoisotopic (exact) mass is 284 g/mol. The van der Waals surface area contributed by atoms with Gasteiger partial charge in [0.2, 0.25) is 5.91 Å². The minimum Gasteiger partial charge on any atom is -0.492 e. The number of ether oxygens (including phenoxy) is 1. The van der Waals surface area contributed by atoms with Crippen LogP contribution in [0.2, 0.25) is 0 Å². The third kappa shape index (κ3) is 5.28. The van der Waals surface area contributed by atoms with Crippen molar-refractivity contribution in [3.05, 3.63) is 60.2 Å². The second-order valence-electron chi connectivity index (χ2n) is 4.70. The fourth-order valence-corrected chi connectivity index (χ4v) is 1.87. The van der Waals surface area contributed by atoms with Gasteiger partial charge in [-0.15, -0.1) is 0 Å². The number of hydrogen-bond acceptors (Lipinski definition) is 3. The van der Waals surface area contributed by atoms with E-state index in [-0.39, 0.29) is 12.5 Å². The molecule has 0 saturated heterocycles. The molecule has 0 aliphatic carbocycles. The Morgan fingerprint density at radius 1 is 1.05 bits per heavy atom. The largest absolute Gasteiger partial charge is 0.492 e. The number of benzene rings is 2. The third-order valence-electron chi connectivity index (χ3n) is 3.00. The lowest BCUT2D eigenvalue weighted by molar-refractivity contribution is -0.115. The van der Waals surface area contributed by atoms with Crippen molar-refractivity contribution in [3.63, 3.8) is 0 Å². The van der Waals surface area contributed by atoms with Crippen LogP contribution in [0.5, 0.6) is 5.75 Å². The second kappa shape index (κ2) is 8.07. The van der Waals surface area contributed by atoms with E-state index in [1.807, 2.05) is 61.5 Å². The van der Waals surface area contributed by atoms with Crippen molar-refractivity contribution in [1.29, 1.82) is 0 Å². The second-order valence-corrected chi connectivity index (χ2v) is 4.70. The molecule has 0 aromatic heterocycles. The highest BCUT2D eigenvalue weighted by Gasteiger charge is 2.03. The van der Waals surface area contributed by atoms with Crippen LogP contribution in [0.25, 0.3) is 0 Å². The molecule has 0 saturated carbocycles. The number of nitrogens with one attached hydrogen (secondary N) is 2. The average molecular weight is 284 g/mol. The van der Waals surface area contributed by atoms with E-state index < -0.39 is 0 Å². The van der Waals surface area contributed by atoms with E-state index in [4.69, 9.17) is 4.74 Å². The first kappa shape index (κ1) is 15.1. The molecule has 2 N–H and O–H groups in total. The van der Waals surface area contributed by atoms with Crippen molar-refractivity contribution in [1.82, 2.24) is 5.32 Å². The molecule has 0 bridgehead atoms. The third-order valence-corrected chi connectivity index (χ3v) is 3.00. The Morgan fingerprint density at radius 2 is 1.76 bits per heavy atom. The summed E-state index contributed by atoms with van der Waals surface area (Å²) < 4.78 is 5.53. The van der Waals surface area contributed by atoms with Crippen LogP contribution in [0.1, 0.15) is 5.56 Å². The summed E-state index contributed by atoms with van der Waals surface area (Å²) in [5.41, 5.74) is 1.91. The predicted molar refractivity (Wildman–Crippen MR) is 84.6 cm³/mol.